The number of amides is 2. The number of carbonyl (C=O) groups excluding carboxylic acids is 2. The third-order valence-corrected chi connectivity index (χ3v) is 8.04. The van der Waals surface area contributed by atoms with Crippen LogP contribution in [0.1, 0.15) is 18.5 Å². The van der Waals surface area contributed by atoms with E-state index in [-0.39, 0.29) is 22.2 Å². The minimum absolute atomic E-state index is 0.0753. The van der Waals surface area contributed by atoms with E-state index in [2.05, 4.69) is 25.7 Å². The molecule has 4 heterocycles. The molecule has 174 valence electrons. The Labute approximate surface area is 199 Å². The van der Waals surface area contributed by atoms with Crippen molar-refractivity contribution in [2.24, 2.45) is 12.2 Å². The lowest BCUT2D eigenvalue weighted by atomic mass is 9.86. The fourth-order valence-electron chi connectivity index (χ4n) is 3.54. The Hall–Kier alpha value is -3.11. The minimum atomic E-state index is -1.21. The Morgan fingerprint density at radius 1 is 1.42 bits per heavy atom. The van der Waals surface area contributed by atoms with Crippen LogP contribution < -0.4 is 11.1 Å². The summed E-state index contributed by atoms with van der Waals surface area (Å²) in [7, 11) is 1.81. The standard InChI is InChI=1S/C17H18N8O5S3/c1-24-5-19-22-17(24)33-6-32-9-3-2-8-11(14(27)25(8)12(9)15(28)29)21-13(26)10(23-30)7-4-31-16(18)20-7/h4-5,8,11,30H,2-3,6H2,1H3,(H2,18,20)(H,21,26)(H,28,29)/b23-10-/t8-,11-/m0/s1. The number of thioether (sulfide) groups is 2. The van der Waals surface area contributed by atoms with Crippen molar-refractivity contribution in [1.29, 1.82) is 0 Å². The smallest absolute Gasteiger partial charge is 0.353 e. The van der Waals surface area contributed by atoms with Crippen molar-refractivity contribution in [3.8, 4) is 0 Å². The molecule has 5 N–H and O–H groups in total. The second-order valence-corrected chi connectivity index (χ2v) is 10.3. The lowest BCUT2D eigenvalue weighted by molar-refractivity contribution is -0.155. The molecule has 2 aromatic heterocycles. The van der Waals surface area contributed by atoms with E-state index in [1.807, 2.05) is 7.05 Å². The van der Waals surface area contributed by atoms with Crippen LogP contribution in [-0.2, 0) is 21.4 Å². The lowest BCUT2D eigenvalue weighted by Gasteiger charge is -2.50. The number of rotatable bonds is 8. The first-order valence-electron chi connectivity index (χ1n) is 9.45. The number of nitrogens with one attached hydrogen (secondary N) is 1. The Balaban J connectivity index is 1.44. The van der Waals surface area contributed by atoms with E-state index in [1.54, 1.807) is 10.9 Å². The number of allylic oxidation sites excluding steroid dienone is 1. The Kier molecular flexibility index (Phi) is 6.57. The molecule has 2 aliphatic heterocycles. The Morgan fingerprint density at radius 3 is 2.82 bits per heavy atom. The van der Waals surface area contributed by atoms with Crippen LogP contribution in [0, 0.1) is 0 Å². The van der Waals surface area contributed by atoms with Crippen LogP contribution in [-0.4, -0.2) is 75.6 Å². The highest BCUT2D eigenvalue weighted by atomic mass is 32.2. The van der Waals surface area contributed by atoms with Crippen LogP contribution in [0.2, 0.25) is 0 Å². The summed E-state index contributed by atoms with van der Waals surface area (Å²) >= 11 is 3.81. The third-order valence-electron chi connectivity index (χ3n) is 5.05. The number of carbonyl (C=O) groups is 3. The topological polar surface area (TPSA) is 189 Å². The molecular formula is C17H18N8O5S3. The number of nitrogens with two attached hydrogens (primary N) is 1. The van der Waals surface area contributed by atoms with Gasteiger partial charge < -0.3 is 25.9 Å². The van der Waals surface area contributed by atoms with Crippen molar-refractivity contribution in [3.63, 3.8) is 0 Å². The molecule has 33 heavy (non-hydrogen) atoms. The van der Waals surface area contributed by atoms with E-state index in [9.17, 15) is 24.7 Å². The summed E-state index contributed by atoms with van der Waals surface area (Å²) in [6.45, 7) is 0. The van der Waals surface area contributed by atoms with Gasteiger partial charge in [0.05, 0.1) is 11.1 Å². The zero-order valence-electron chi connectivity index (χ0n) is 17.0. The van der Waals surface area contributed by atoms with Crippen LogP contribution in [0.3, 0.4) is 0 Å². The SMILES string of the molecule is Cn1cnnc1SCSC1=C(C(=O)O)N2C(=O)[C@@H](NC(=O)/C(=N\O)c3csc(N)n3)[C@@H]2CC1. The maximum Gasteiger partial charge on any atom is 0.353 e. The number of hydrogen-bond acceptors (Lipinski definition) is 12. The second kappa shape index (κ2) is 9.40. The average Bonchev–Trinajstić information content (AvgIpc) is 3.39. The molecule has 0 radical (unpaired) electrons. The molecular weight excluding hydrogens is 492 g/mol. The highest BCUT2D eigenvalue weighted by Gasteiger charge is 2.53. The number of carboxylic acid groups (broad SMARTS) is 1. The van der Waals surface area contributed by atoms with Gasteiger partial charge in [-0.05, 0) is 12.8 Å². The summed E-state index contributed by atoms with van der Waals surface area (Å²) < 4.78 is 1.75. The Bertz CT molecular complexity index is 1180. The summed E-state index contributed by atoms with van der Waals surface area (Å²) in [5.74, 6) is -2.55. The van der Waals surface area contributed by atoms with E-state index in [0.717, 1.165) is 11.3 Å². The second-order valence-electron chi connectivity index (χ2n) is 6.99. The van der Waals surface area contributed by atoms with Gasteiger partial charge in [-0.25, -0.2) is 9.78 Å². The zero-order valence-corrected chi connectivity index (χ0v) is 19.5. The normalized spacial score (nSPS) is 20.5. The number of anilines is 1. The van der Waals surface area contributed by atoms with E-state index >= 15 is 0 Å². The highest BCUT2D eigenvalue weighted by molar-refractivity contribution is 8.17. The molecule has 0 saturated carbocycles. The van der Waals surface area contributed by atoms with Gasteiger partial charge in [-0.3, -0.25) is 14.5 Å². The molecule has 2 atom stereocenters. The first-order chi connectivity index (χ1) is 15.8. The number of carboxylic acids is 1. The van der Waals surface area contributed by atoms with Crippen LogP contribution in [0.5, 0.6) is 0 Å². The number of β-lactam (4-membered cyclic amide) rings is 1. The molecule has 1 fully saturated rings. The van der Waals surface area contributed by atoms with Gasteiger partial charge in [-0.1, -0.05) is 16.9 Å². The summed E-state index contributed by atoms with van der Waals surface area (Å²) in [6.07, 6.45) is 2.49. The third kappa shape index (κ3) is 4.40. The summed E-state index contributed by atoms with van der Waals surface area (Å²) in [5.41, 5.74) is 5.18. The molecule has 0 spiro atoms. The molecule has 1 saturated heterocycles. The largest absolute Gasteiger partial charge is 0.477 e. The molecule has 0 aliphatic carbocycles. The summed E-state index contributed by atoms with van der Waals surface area (Å²) in [6, 6.07) is -1.44. The number of aromatic nitrogens is 4. The number of thiazole rings is 1. The summed E-state index contributed by atoms with van der Waals surface area (Å²) in [5, 5.41) is 35.1. The van der Waals surface area contributed by atoms with E-state index in [0.29, 0.717) is 28.0 Å². The molecule has 0 unspecified atom stereocenters. The Morgan fingerprint density at radius 2 is 2.21 bits per heavy atom. The molecule has 13 nitrogen and oxygen atoms in total. The molecule has 0 aromatic carbocycles. The number of hydrogen-bond donors (Lipinski definition) is 4. The van der Waals surface area contributed by atoms with Gasteiger partial charge >= 0.3 is 5.97 Å². The minimum Gasteiger partial charge on any atom is -0.477 e. The molecule has 0 bridgehead atoms. The molecule has 2 aliphatic rings. The molecule has 4 rings (SSSR count). The number of aliphatic carboxylic acids is 1. The first kappa shape index (κ1) is 23.1. The fourth-order valence-corrected chi connectivity index (χ4v) is 6.26. The van der Waals surface area contributed by atoms with Crippen LogP contribution >= 0.6 is 34.9 Å². The maximum absolute atomic E-state index is 12.8. The number of nitrogen functional groups attached to an aromatic ring is 1. The van der Waals surface area contributed by atoms with Gasteiger partial charge in [0.2, 0.25) is 0 Å². The number of nitrogens with zero attached hydrogens (tertiary/aromatic N) is 6. The van der Waals surface area contributed by atoms with Crippen molar-refractivity contribution in [2.75, 3.05) is 10.8 Å². The van der Waals surface area contributed by atoms with Gasteiger partial charge in [0, 0.05) is 17.3 Å². The van der Waals surface area contributed by atoms with Crippen molar-refractivity contribution in [3.05, 3.63) is 28.0 Å². The van der Waals surface area contributed by atoms with Gasteiger partial charge in [-0.2, -0.15) is 0 Å². The summed E-state index contributed by atoms with van der Waals surface area (Å²) in [4.78, 5) is 43.0. The number of fused-ring (bicyclic) bond motifs is 1. The zero-order chi connectivity index (χ0) is 23.7. The van der Waals surface area contributed by atoms with E-state index < -0.39 is 29.9 Å². The molecule has 2 amide bonds. The van der Waals surface area contributed by atoms with Gasteiger partial charge in [0.1, 0.15) is 23.8 Å². The van der Waals surface area contributed by atoms with Crippen molar-refractivity contribution in [2.45, 2.75) is 30.1 Å². The number of aryl methyl sites for hydroxylation is 1. The van der Waals surface area contributed by atoms with Crippen LogP contribution in [0.25, 0.3) is 0 Å². The van der Waals surface area contributed by atoms with Crippen LogP contribution in [0.15, 0.2) is 32.6 Å². The number of oxime groups is 1. The highest BCUT2D eigenvalue weighted by Crippen LogP contribution is 2.42. The molecule has 2 aromatic rings. The van der Waals surface area contributed by atoms with Crippen molar-refractivity contribution < 1.29 is 24.7 Å². The van der Waals surface area contributed by atoms with Crippen molar-refractivity contribution in [1.82, 2.24) is 30.0 Å². The van der Waals surface area contributed by atoms with Gasteiger partial charge in [-0.15, -0.1) is 33.3 Å². The van der Waals surface area contributed by atoms with Gasteiger partial charge in [0.15, 0.2) is 16.0 Å². The van der Waals surface area contributed by atoms with Crippen molar-refractivity contribution >= 4 is 63.5 Å². The van der Waals surface area contributed by atoms with Crippen LogP contribution in [0.4, 0.5) is 5.13 Å². The fraction of sp³-hybridized carbons (Fsp3) is 0.353. The quantitative estimate of drug-likeness (QED) is 0.0954. The predicted molar refractivity (Wildman–Crippen MR) is 121 cm³/mol. The molecule has 16 heteroatoms. The monoisotopic (exact) mass is 510 g/mol. The first-order valence-corrected chi connectivity index (χ1v) is 12.3. The van der Waals surface area contributed by atoms with Gasteiger partial charge in [0.25, 0.3) is 11.8 Å². The predicted octanol–water partition coefficient (Wildman–Crippen LogP) is 0.301. The lowest BCUT2D eigenvalue weighted by Crippen LogP contribution is -2.72. The van der Waals surface area contributed by atoms with E-state index in [4.69, 9.17) is 5.73 Å². The maximum atomic E-state index is 12.8. The van der Waals surface area contributed by atoms with E-state index in [1.165, 1.54) is 33.8 Å². The average molecular weight is 511 g/mol.